The average Bonchev–Trinajstić information content (AvgIpc) is 2.72. The van der Waals surface area contributed by atoms with E-state index in [1.165, 1.54) is 12.1 Å². The predicted octanol–water partition coefficient (Wildman–Crippen LogP) is 1.83. The number of fused-ring (bicyclic) bond motifs is 1. The zero-order valence-electron chi connectivity index (χ0n) is 11.8. The summed E-state index contributed by atoms with van der Waals surface area (Å²) in [4.78, 5) is 46.9. The Morgan fingerprint density at radius 1 is 1.36 bits per heavy atom. The molecule has 0 unspecified atom stereocenters. The molecule has 0 bridgehead atoms. The maximum absolute atomic E-state index is 12.4. The van der Waals surface area contributed by atoms with Gasteiger partial charge in [0, 0.05) is 6.07 Å². The van der Waals surface area contributed by atoms with Gasteiger partial charge in [-0.1, -0.05) is 25.8 Å². The van der Waals surface area contributed by atoms with Crippen LogP contribution in [-0.2, 0) is 4.79 Å². The number of hydrogen-bond donors (Lipinski definition) is 1. The lowest BCUT2D eigenvalue weighted by molar-refractivity contribution is -0.385. The summed E-state index contributed by atoms with van der Waals surface area (Å²) in [6, 6.07) is 2.40. The van der Waals surface area contributed by atoms with Crippen LogP contribution in [0.5, 0.6) is 0 Å². The Hall–Kier alpha value is -2.77. The third-order valence-corrected chi connectivity index (χ3v) is 3.55. The monoisotopic (exact) mass is 306 g/mol. The molecule has 1 N–H and O–H groups in total. The van der Waals surface area contributed by atoms with E-state index < -0.39 is 34.4 Å². The van der Waals surface area contributed by atoms with Gasteiger partial charge in [-0.05, 0) is 12.5 Å². The summed E-state index contributed by atoms with van der Waals surface area (Å²) >= 11 is 0. The fraction of sp³-hybridized carbons (Fsp3) is 0.357. The van der Waals surface area contributed by atoms with Gasteiger partial charge in [0.2, 0.25) is 0 Å². The van der Waals surface area contributed by atoms with Crippen LogP contribution >= 0.6 is 0 Å². The normalized spacial score (nSPS) is 14.9. The predicted molar refractivity (Wildman–Crippen MR) is 74.5 cm³/mol. The van der Waals surface area contributed by atoms with Gasteiger partial charge in [-0.25, -0.2) is 4.79 Å². The molecule has 1 aliphatic rings. The van der Waals surface area contributed by atoms with Gasteiger partial charge in [0.1, 0.15) is 11.6 Å². The number of benzene rings is 1. The molecule has 8 heteroatoms. The number of unbranched alkanes of at least 4 members (excludes halogenated alkanes) is 1. The SMILES string of the molecule is CCCC[C@@H](C(=O)O)N1C(=O)c2cccc([N+](=O)[O-])c2C1=O. The maximum atomic E-state index is 12.4. The summed E-state index contributed by atoms with van der Waals surface area (Å²) in [7, 11) is 0. The van der Waals surface area contributed by atoms with Crippen LogP contribution in [0.4, 0.5) is 5.69 Å². The molecule has 1 heterocycles. The third kappa shape index (κ3) is 2.43. The maximum Gasteiger partial charge on any atom is 0.326 e. The topological polar surface area (TPSA) is 118 Å². The number of imide groups is 1. The molecule has 0 radical (unpaired) electrons. The van der Waals surface area contributed by atoms with Crippen LogP contribution in [0.15, 0.2) is 18.2 Å². The third-order valence-electron chi connectivity index (χ3n) is 3.55. The molecule has 116 valence electrons. The van der Waals surface area contributed by atoms with E-state index in [4.69, 9.17) is 0 Å². The van der Waals surface area contributed by atoms with Crippen molar-refractivity contribution in [3.05, 3.63) is 39.4 Å². The summed E-state index contributed by atoms with van der Waals surface area (Å²) in [5, 5.41) is 20.3. The van der Waals surface area contributed by atoms with E-state index in [9.17, 15) is 29.6 Å². The van der Waals surface area contributed by atoms with Gasteiger partial charge in [0.25, 0.3) is 17.5 Å². The van der Waals surface area contributed by atoms with Crippen LogP contribution in [-0.4, -0.2) is 38.8 Å². The van der Waals surface area contributed by atoms with Gasteiger partial charge < -0.3 is 5.11 Å². The van der Waals surface area contributed by atoms with Crippen LogP contribution in [0, 0.1) is 10.1 Å². The fourth-order valence-corrected chi connectivity index (χ4v) is 2.48. The summed E-state index contributed by atoms with van der Waals surface area (Å²) < 4.78 is 0. The van der Waals surface area contributed by atoms with Crippen LogP contribution in [0.3, 0.4) is 0 Å². The molecule has 2 amide bonds. The van der Waals surface area contributed by atoms with Gasteiger partial charge >= 0.3 is 5.97 Å². The van der Waals surface area contributed by atoms with Crippen LogP contribution in [0.25, 0.3) is 0 Å². The Morgan fingerprint density at radius 3 is 2.59 bits per heavy atom. The highest BCUT2D eigenvalue weighted by molar-refractivity contribution is 6.24. The zero-order chi connectivity index (χ0) is 16.4. The number of nitro groups is 1. The Morgan fingerprint density at radius 2 is 2.05 bits per heavy atom. The Balaban J connectivity index is 2.48. The highest BCUT2D eigenvalue weighted by Crippen LogP contribution is 2.32. The van der Waals surface area contributed by atoms with Crippen LogP contribution in [0.2, 0.25) is 0 Å². The van der Waals surface area contributed by atoms with Crippen LogP contribution < -0.4 is 0 Å². The van der Waals surface area contributed by atoms with E-state index >= 15 is 0 Å². The van der Waals surface area contributed by atoms with Crippen molar-refractivity contribution < 1.29 is 24.4 Å². The number of amides is 2. The van der Waals surface area contributed by atoms with Crippen molar-refractivity contribution in [3.8, 4) is 0 Å². The fourth-order valence-electron chi connectivity index (χ4n) is 2.48. The lowest BCUT2D eigenvalue weighted by Gasteiger charge is -2.22. The van der Waals surface area contributed by atoms with Gasteiger partial charge in [-0.3, -0.25) is 24.6 Å². The standard InChI is InChI=1S/C14H14N2O6/c1-2-3-6-10(14(19)20)15-12(17)8-5-4-7-9(16(21)22)11(8)13(15)18/h4-5,7,10H,2-3,6H2,1H3,(H,19,20)/t10-/m0/s1. The smallest absolute Gasteiger partial charge is 0.326 e. The minimum atomic E-state index is -1.31. The number of carboxylic acids is 1. The van der Waals surface area contributed by atoms with E-state index in [1.54, 1.807) is 0 Å². The molecule has 2 rings (SSSR count). The van der Waals surface area contributed by atoms with Crippen molar-refractivity contribution in [2.75, 3.05) is 0 Å². The molecule has 0 aromatic heterocycles. The number of nitro benzene ring substituents is 1. The lowest BCUT2D eigenvalue weighted by atomic mass is 10.1. The highest BCUT2D eigenvalue weighted by Gasteiger charge is 2.46. The van der Waals surface area contributed by atoms with Gasteiger partial charge in [-0.2, -0.15) is 0 Å². The minimum Gasteiger partial charge on any atom is -0.480 e. The first-order valence-electron chi connectivity index (χ1n) is 6.78. The first-order chi connectivity index (χ1) is 10.4. The number of rotatable bonds is 6. The molecule has 1 atom stereocenters. The number of aliphatic carboxylic acids is 1. The second-order valence-electron chi connectivity index (χ2n) is 4.93. The first-order valence-corrected chi connectivity index (χ1v) is 6.78. The summed E-state index contributed by atoms with van der Waals surface area (Å²) in [6.07, 6.45) is 1.34. The molecule has 0 saturated carbocycles. The molecule has 0 spiro atoms. The van der Waals surface area contributed by atoms with Crippen molar-refractivity contribution >= 4 is 23.5 Å². The lowest BCUT2D eigenvalue weighted by Crippen LogP contribution is -2.44. The van der Waals surface area contributed by atoms with Crippen molar-refractivity contribution in [2.24, 2.45) is 0 Å². The molecule has 1 aromatic carbocycles. The van der Waals surface area contributed by atoms with Crippen molar-refractivity contribution in [1.82, 2.24) is 4.90 Å². The molecule has 8 nitrogen and oxygen atoms in total. The number of nitrogens with zero attached hydrogens (tertiary/aromatic N) is 2. The average molecular weight is 306 g/mol. The summed E-state index contributed by atoms with van der Waals surface area (Å²) in [5.74, 6) is -3.02. The number of carbonyl (C=O) groups is 3. The molecular formula is C14H14N2O6. The van der Waals surface area contributed by atoms with Crippen molar-refractivity contribution in [3.63, 3.8) is 0 Å². The second-order valence-corrected chi connectivity index (χ2v) is 4.93. The molecule has 1 aliphatic heterocycles. The van der Waals surface area contributed by atoms with E-state index in [2.05, 4.69) is 0 Å². The second kappa shape index (κ2) is 5.92. The van der Waals surface area contributed by atoms with E-state index in [0.29, 0.717) is 17.7 Å². The largest absolute Gasteiger partial charge is 0.480 e. The Kier molecular flexibility index (Phi) is 4.20. The number of carboxylic acid groups (broad SMARTS) is 1. The number of carbonyl (C=O) groups excluding carboxylic acids is 2. The van der Waals surface area contributed by atoms with E-state index in [-0.39, 0.29) is 17.5 Å². The van der Waals surface area contributed by atoms with Crippen molar-refractivity contribution in [1.29, 1.82) is 0 Å². The highest BCUT2D eigenvalue weighted by atomic mass is 16.6. The Bertz CT molecular complexity index is 669. The van der Waals surface area contributed by atoms with Crippen molar-refractivity contribution in [2.45, 2.75) is 32.2 Å². The van der Waals surface area contributed by atoms with Gasteiger partial charge in [0.05, 0.1) is 10.5 Å². The minimum absolute atomic E-state index is 0.116. The van der Waals surface area contributed by atoms with E-state index in [0.717, 1.165) is 6.07 Å². The number of hydrogen-bond acceptors (Lipinski definition) is 5. The molecule has 22 heavy (non-hydrogen) atoms. The molecule has 0 aliphatic carbocycles. The summed E-state index contributed by atoms with van der Waals surface area (Å²) in [6.45, 7) is 1.85. The first kappa shape index (κ1) is 15.6. The van der Waals surface area contributed by atoms with Gasteiger partial charge in [-0.15, -0.1) is 0 Å². The summed E-state index contributed by atoms with van der Waals surface area (Å²) in [5.41, 5.74) is -0.944. The van der Waals surface area contributed by atoms with E-state index in [1.807, 2.05) is 6.92 Å². The molecule has 1 aromatic rings. The zero-order valence-corrected chi connectivity index (χ0v) is 11.8. The molecule has 0 saturated heterocycles. The Labute approximate surface area is 125 Å². The molecule has 0 fully saturated rings. The quantitative estimate of drug-likeness (QED) is 0.486. The van der Waals surface area contributed by atoms with Gasteiger partial charge in [0.15, 0.2) is 0 Å². The van der Waals surface area contributed by atoms with Crippen LogP contribution in [0.1, 0.15) is 46.9 Å². The molecular weight excluding hydrogens is 292 g/mol.